The van der Waals surface area contributed by atoms with Gasteiger partial charge in [-0.05, 0) is 36.8 Å². The van der Waals surface area contributed by atoms with E-state index in [0.717, 1.165) is 39.1 Å². The summed E-state index contributed by atoms with van der Waals surface area (Å²) in [5.41, 5.74) is 4.07. The third-order valence-corrected chi connectivity index (χ3v) is 5.47. The topological polar surface area (TPSA) is 71.8 Å². The van der Waals surface area contributed by atoms with Crippen LogP contribution in [-0.4, -0.2) is 38.8 Å². The molecular formula is C24H23N7. The van der Waals surface area contributed by atoms with Gasteiger partial charge in [0.25, 0.3) is 0 Å². The third kappa shape index (κ3) is 3.54. The predicted octanol–water partition coefficient (Wildman–Crippen LogP) is 4.79. The molecule has 7 nitrogen and oxygen atoms in total. The standard InChI is InChI=1S/C24H23N7/c1-16(17-7-5-4-6-8-17)31-22-10-9-19(11-18(22)13-28-31)29-24-20-12-23(30(2)3)25-14-21(20)26-15-27-24/h4-16H,1-3H3,(H,26,27,29). The normalized spacial score (nSPS) is 12.2. The van der Waals surface area contributed by atoms with Gasteiger partial charge in [-0.2, -0.15) is 5.10 Å². The third-order valence-electron chi connectivity index (χ3n) is 5.47. The second-order valence-corrected chi connectivity index (χ2v) is 7.75. The summed E-state index contributed by atoms with van der Waals surface area (Å²) in [6.45, 7) is 2.16. The van der Waals surface area contributed by atoms with Gasteiger partial charge in [0.1, 0.15) is 18.0 Å². The summed E-state index contributed by atoms with van der Waals surface area (Å²) in [4.78, 5) is 15.2. The molecule has 154 valence electrons. The second-order valence-electron chi connectivity index (χ2n) is 7.75. The Kier molecular flexibility index (Phi) is 4.71. The van der Waals surface area contributed by atoms with E-state index in [1.165, 1.54) is 5.56 Å². The Morgan fingerprint density at radius 3 is 2.58 bits per heavy atom. The second kappa shape index (κ2) is 7.68. The largest absolute Gasteiger partial charge is 0.363 e. The van der Waals surface area contributed by atoms with Crippen LogP contribution in [0.15, 0.2) is 73.3 Å². The molecule has 0 bridgehead atoms. The highest BCUT2D eigenvalue weighted by Crippen LogP contribution is 2.29. The van der Waals surface area contributed by atoms with E-state index < -0.39 is 0 Å². The molecule has 5 aromatic rings. The minimum absolute atomic E-state index is 0.153. The summed E-state index contributed by atoms with van der Waals surface area (Å²) in [7, 11) is 3.93. The molecule has 0 amide bonds. The van der Waals surface area contributed by atoms with E-state index in [4.69, 9.17) is 0 Å². The number of hydrogen-bond donors (Lipinski definition) is 1. The minimum Gasteiger partial charge on any atom is -0.363 e. The van der Waals surface area contributed by atoms with Gasteiger partial charge in [-0.15, -0.1) is 0 Å². The molecule has 0 spiro atoms. The molecule has 7 heteroatoms. The van der Waals surface area contributed by atoms with E-state index in [1.54, 1.807) is 12.5 Å². The van der Waals surface area contributed by atoms with Crippen LogP contribution in [0.1, 0.15) is 18.5 Å². The summed E-state index contributed by atoms with van der Waals surface area (Å²) in [5.74, 6) is 1.61. The quantitative estimate of drug-likeness (QED) is 0.450. The van der Waals surface area contributed by atoms with Gasteiger partial charge in [-0.3, -0.25) is 4.68 Å². The lowest BCUT2D eigenvalue weighted by Crippen LogP contribution is -2.10. The molecule has 0 aliphatic carbocycles. The number of pyridine rings is 1. The summed E-state index contributed by atoms with van der Waals surface area (Å²) in [6.07, 6.45) is 5.24. The lowest BCUT2D eigenvalue weighted by molar-refractivity contribution is 0.584. The molecule has 3 aromatic heterocycles. The molecule has 0 saturated carbocycles. The van der Waals surface area contributed by atoms with Crippen molar-refractivity contribution in [2.45, 2.75) is 13.0 Å². The van der Waals surface area contributed by atoms with Crippen LogP contribution < -0.4 is 10.2 Å². The van der Waals surface area contributed by atoms with Crippen molar-refractivity contribution >= 4 is 39.1 Å². The van der Waals surface area contributed by atoms with E-state index in [9.17, 15) is 0 Å². The number of benzene rings is 2. The zero-order chi connectivity index (χ0) is 21.4. The van der Waals surface area contributed by atoms with E-state index in [0.29, 0.717) is 0 Å². The van der Waals surface area contributed by atoms with Gasteiger partial charge in [0, 0.05) is 30.6 Å². The number of nitrogens with zero attached hydrogens (tertiary/aromatic N) is 6. The number of nitrogens with one attached hydrogen (secondary N) is 1. The molecule has 3 heterocycles. The highest BCUT2D eigenvalue weighted by molar-refractivity contribution is 5.93. The van der Waals surface area contributed by atoms with Gasteiger partial charge in [0.05, 0.1) is 29.5 Å². The van der Waals surface area contributed by atoms with Crippen LogP contribution in [0.4, 0.5) is 17.3 Å². The maximum Gasteiger partial charge on any atom is 0.141 e. The smallest absolute Gasteiger partial charge is 0.141 e. The van der Waals surface area contributed by atoms with E-state index in [1.807, 2.05) is 37.3 Å². The molecule has 0 aliphatic heterocycles. The lowest BCUT2D eigenvalue weighted by Gasteiger charge is -2.15. The van der Waals surface area contributed by atoms with Gasteiger partial charge < -0.3 is 10.2 Å². The zero-order valence-electron chi connectivity index (χ0n) is 17.7. The Labute approximate surface area is 180 Å². The molecule has 1 unspecified atom stereocenters. The Morgan fingerprint density at radius 1 is 0.935 bits per heavy atom. The SMILES string of the molecule is CC(c1ccccc1)n1ncc2cc(Nc3ncnc4cnc(N(C)C)cc34)ccc21. The fourth-order valence-corrected chi connectivity index (χ4v) is 3.74. The van der Waals surface area contributed by atoms with Crippen molar-refractivity contribution in [1.29, 1.82) is 0 Å². The zero-order valence-corrected chi connectivity index (χ0v) is 17.7. The first-order valence-electron chi connectivity index (χ1n) is 10.2. The number of aromatic nitrogens is 5. The molecule has 5 rings (SSSR count). The predicted molar refractivity (Wildman–Crippen MR) is 125 cm³/mol. The molecule has 0 aliphatic rings. The van der Waals surface area contributed by atoms with Crippen molar-refractivity contribution in [2.75, 3.05) is 24.3 Å². The highest BCUT2D eigenvalue weighted by Gasteiger charge is 2.13. The molecule has 0 fully saturated rings. The summed E-state index contributed by atoms with van der Waals surface area (Å²) < 4.78 is 2.06. The summed E-state index contributed by atoms with van der Waals surface area (Å²) in [6, 6.07) is 18.8. The van der Waals surface area contributed by atoms with Crippen molar-refractivity contribution in [2.24, 2.45) is 0 Å². The molecule has 0 radical (unpaired) electrons. The Bertz CT molecular complexity index is 1360. The first-order valence-corrected chi connectivity index (χ1v) is 10.2. The fourth-order valence-electron chi connectivity index (χ4n) is 3.74. The number of rotatable bonds is 5. The average molecular weight is 409 g/mol. The first-order chi connectivity index (χ1) is 15.1. The van der Waals surface area contributed by atoms with Gasteiger partial charge in [-0.1, -0.05) is 30.3 Å². The maximum atomic E-state index is 4.65. The maximum absolute atomic E-state index is 4.65. The van der Waals surface area contributed by atoms with Crippen LogP contribution in [0.2, 0.25) is 0 Å². The summed E-state index contributed by atoms with van der Waals surface area (Å²) in [5, 5.41) is 10.1. The van der Waals surface area contributed by atoms with Gasteiger partial charge >= 0.3 is 0 Å². The van der Waals surface area contributed by atoms with Crippen molar-refractivity contribution < 1.29 is 0 Å². The van der Waals surface area contributed by atoms with Crippen molar-refractivity contribution in [3.8, 4) is 0 Å². The Morgan fingerprint density at radius 2 is 1.77 bits per heavy atom. The highest BCUT2D eigenvalue weighted by atomic mass is 15.3. The average Bonchev–Trinajstić information content (AvgIpc) is 3.22. The van der Waals surface area contributed by atoms with E-state index in [2.05, 4.69) is 79.4 Å². The van der Waals surface area contributed by atoms with Crippen LogP contribution in [0, 0.1) is 0 Å². The Hall–Kier alpha value is -4.00. The van der Waals surface area contributed by atoms with Gasteiger partial charge in [-0.25, -0.2) is 15.0 Å². The van der Waals surface area contributed by atoms with Crippen molar-refractivity contribution in [3.63, 3.8) is 0 Å². The molecule has 2 aromatic carbocycles. The number of hydrogen-bond acceptors (Lipinski definition) is 6. The Balaban J connectivity index is 1.49. The number of anilines is 3. The van der Waals surface area contributed by atoms with Crippen LogP contribution in [-0.2, 0) is 0 Å². The monoisotopic (exact) mass is 409 g/mol. The summed E-state index contributed by atoms with van der Waals surface area (Å²) >= 11 is 0. The van der Waals surface area contributed by atoms with Crippen molar-refractivity contribution in [3.05, 3.63) is 78.9 Å². The number of fused-ring (bicyclic) bond motifs is 2. The van der Waals surface area contributed by atoms with Crippen molar-refractivity contribution in [1.82, 2.24) is 24.7 Å². The van der Waals surface area contributed by atoms with Crippen LogP contribution in [0.25, 0.3) is 21.8 Å². The molecule has 0 saturated heterocycles. The van der Waals surface area contributed by atoms with Crippen LogP contribution in [0.3, 0.4) is 0 Å². The lowest BCUT2D eigenvalue weighted by atomic mass is 10.1. The molecule has 1 N–H and O–H groups in total. The molecule has 1 atom stereocenters. The molecule has 31 heavy (non-hydrogen) atoms. The fraction of sp³-hybridized carbons (Fsp3) is 0.167. The van der Waals surface area contributed by atoms with Gasteiger partial charge in [0.15, 0.2) is 0 Å². The first kappa shape index (κ1) is 19.0. The van der Waals surface area contributed by atoms with E-state index in [-0.39, 0.29) is 6.04 Å². The van der Waals surface area contributed by atoms with E-state index >= 15 is 0 Å². The van der Waals surface area contributed by atoms with Crippen LogP contribution in [0.5, 0.6) is 0 Å². The van der Waals surface area contributed by atoms with Crippen LogP contribution >= 0.6 is 0 Å². The molecular weight excluding hydrogens is 386 g/mol. The minimum atomic E-state index is 0.153. The van der Waals surface area contributed by atoms with Gasteiger partial charge in [0.2, 0.25) is 0 Å².